The van der Waals surface area contributed by atoms with Crippen LogP contribution < -0.4 is 11.1 Å². The summed E-state index contributed by atoms with van der Waals surface area (Å²) in [4.78, 5) is 19.5. The van der Waals surface area contributed by atoms with Crippen molar-refractivity contribution in [3.63, 3.8) is 0 Å². The highest BCUT2D eigenvalue weighted by Gasteiger charge is 2.14. The summed E-state index contributed by atoms with van der Waals surface area (Å²) in [5.74, 6) is -0.143. The Hall–Kier alpha value is -2.66. The number of nitrogens with one attached hydrogen (secondary N) is 2. The lowest BCUT2D eigenvalue weighted by atomic mass is 10.1. The summed E-state index contributed by atoms with van der Waals surface area (Å²) in [5.41, 5.74) is 9.07. The smallest absolute Gasteiger partial charge is 0.237 e. The molecule has 2 aromatic heterocycles. The van der Waals surface area contributed by atoms with E-state index >= 15 is 0 Å². The molecule has 0 spiro atoms. The molecule has 0 aliphatic heterocycles. The number of amides is 1. The van der Waals surface area contributed by atoms with Crippen molar-refractivity contribution in [2.24, 2.45) is 5.73 Å². The minimum atomic E-state index is -0.576. The largest absolute Gasteiger partial charge is 0.361 e. The number of hydrogen-bond acceptors (Lipinski definition) is 3. The van der Waals surface area contributed by atoms with Crippen LogP contribution in [0, 0.1) is 0 Å². The molecular weight excluding hydrogens is 288 g/mol. The number of para-hydroxylation sites is 1. The molecule has 3 rings (SSSR count). The van der Waals surface area contributed by atoms with Gasteiger partial charge in [-0.2, -0.15) is 0 Å². The van der Waals surface area contributed by atoms with E-state index in [2.05, 4.69) is 21.4 Å². The average Bonchev–Trinajstić information content (AvgIpc) is 2.99. The predicted octanol–water partition coefficient (Wildman–Crippen LogP) is 1.79. The van der Waals surface area contributed by atoms with Crippen molar-refractivity contribution in [3.05, 3.63) is 66.1 Å². The molecule has 0 aliphatic carbocycles. The summed E-state index contributed by atoms with van der Waals surface area (Å²) in [5, 5.41) is 4.09. The number of hydrogen-bond donors (Lipinski definition) is 3. The fourth-order valence-electron chi connectivity index (χ4n) is 2.63. The number of carbonyl (C=O) groups excluding carboxylic acids is 1. The second-order valence-corrected chi connectivity index (χ2v) is 5.53. The maximum atomic E-state index is 12.1. The molecule has 118 valence electrons. The third-order valence-corrected chi connectivity index (χ3v) is 3.86. The van der Waals surface area contributed by atoms with Crippen LogP contribution in [0.15, 0.2) is 54.9 Å². The highest BCUT2D eigenvalue weighted by Crippen LogP contribution is 2.17. The summed E-state index contributed by atoms with van der Waals surface area (Å²) in [6.45, 7) is 0.566. The average molecular weight is 308 g/mol. The van der Waals surface area contributed by atoms with Gasteiger partial charge in [-0.3, -0.25) is 9.78 Å². The van der Waals surface area contributed by atoms with Crippen LogP contribution in [-0.4, -0.2) is 28.5 Å². The van der Waals surface area contributed by atoms with E-state index in [1.165, 1.54) is 10.9 Å². The van der Waals surface area contributed by atoms with Crippen LogP contribution in [0.5, 0.6) is 0 Å². The number of fused-ring (bicyclic) bond motifs is 1. The number of benzene rings is 1. The van der Waals surface area contributed by atoms with Crippen molar-refractivity contribution in [2.45, 2.75) is 18.9 Å². The van der Waals surface area contributed by atoms with Crippen molar-refractivity contribution in [2.75, 3.05) is 6.54 Å². The molecule has 1 unspecified atom stereocenters. The molecule has 0 saturated heterocycles. The van der Waals surface area contributed by atoms with Crippen molar-refractivity contribution in [3.8, 4) is 0 Å². The monoisotopic (exact) mass is 308 g/mol. The standard InChI is InChI=1S/C18H20N4O/c19-16(11-14-5-3-4-9-20-14)18(23)21-10-8-13-12-22-17-7-2-1-6-15(13)17/h1-7,9,12,16,22H,8,10-11,19H2,(H,21,23). The first-order valence-electron chi connectivity index (χ1n) is 7.72. The van der Waals surface area contributed by atoms with E-state index in [0.29, 0.717) is 13.0 Å². The third kappa shape index (κ3) is 3.76. The minimum absolute atomic E-state index is 0.143. The molecule has 0 bridgehead atoms. The molecule has 0 saturated carbocycles. The third-order valence-electron chi connectivity index (χ3n) is 3.86. The van der Waals surface area contributed by atoms with Crippen LogP contribution in [0.4, 0.5) is 0 Å². The summed E-state index contributed by atoms with van der Waals surface area (Å²) in [6, 6.07) is 13.2. The summed E-state index contributed by atoms with van der Waals surface area (Å²) in [6.07, 6.45) is 4.91. The van der Waals surface area contributed by atoms with Crippen LogP contribution in [0.25, 0.3) is 10.9 Å². The van der Waals surface area contributed by atoms with E-state index in [-0.39, 0.29) is 5.91 Å². The Morgan fingerprint density at radius 3 is 2.87 bits per heavy atom. The minimum Gasteiger partial charge on any atom is -0.361 e. The molecular formula is C18H20N4O. The van der Waals surface area contributed by atoms with E-state index in [1.54, 1.807) is 6.20 Å². The molecule has 3 aromatic rings. The number of pyridine rings is 1. The van der Waals surface area contributed by atoms with Gasteiger partial charge in [-0.05, 0) is 30.2 Å². The summed E-state index contributed by atoms with van der Waals surface area (Å²) < 4.78 is 0. The normalized spacial score (nSPS) is 12.2. The zero-order valence-corrected chi connectivity index (χ0v) is 12.8. The highest BCUT2D eigenvalue weighted by atomic mass is 16.2. The zero-order valence-electron chi connectivity index (χ0n) is 12.8. The summed E-state index contributed by atoms with van der Waals surface area (Å²) >= 11 is 0. The highest BCUT2D eigenvalue weighted by molar-refractivity contribution is 5.83. The van der Waals surface area contributed by atoms with Gasteiger partial charge in [0.2, 0.25) is 5.91 Å². The van der Waals surface area contributed by atoms with Crippen molar-refractivity contribution < 1.29 is 4.79 Å². The maximum absolute atomic E-state index is 12.1. The Morgan fingerprint density at radius 2 is 2.04 bits per heavy atom. The van der Waals surface area contributed by atoms with Crippen LogP contribution in [0.1, 0.15) is 11.3 Å². The molecule has 0 fully saturated rings. The van der Waals surface area contributed by atoms with Crippen LogP contribution >= 0.6 is 0 Å². The number of rotatable bonds is 6. The van der Waals surface area contributed by atoms with E-state index in [9.17, 15) is 4.79 Å². The van der Waals surface area contributed by atoms with Crippen LogP contribution in [0.2, 0.25) is 0 Å². The molecule has 1 aromatic carbocycles. The zero-order chi connectivity index (χ0) is 16.1. The van der Waals surface area contributed by atoms with E-state index in [1.807, 2.05) is 42.6 Å². The molecule has 5 heteroatoms. The van der Waals surface area contributed by atoms with Gasteiger partial charge in [-0.25, -0.2) is 0 Å². The van der Waals surface area contributed by atoms with Crippen molar-refractivity contribution in [1.82, 2.24) is 15.3 Å². The number of H-pyrrole nitrogens is 1. The van der Waals surface area contributed by atoms with Gasteiger partial charge in [0.25, 0.3) is 0 Å². The molecule has 2 heterocycles. The predicted molar refractivity (Wildman–Crippen MR) is 90.9 cm³/mol. The van der Waals surface area contributed by atoms with Gasteiger partial charge < -0.3 is 16.0 Å². The van der Waals surface area contributed by atoms with Crippen molar-refractivity contribution in [1.29, 1.82) is 0 Å². The van der Waals surface area contributed by atoms with Crippen molar-refractivity contribution >= 4 is 16.8 Å². The second kappa shape index (κ2) is 7.07. The fourth-order valence-corrected chi connectivity index (χ4v) is 2.63. The van der Waals surface area contributed by atoms with E-state index in [4.69, 9.17) is 5.73 Å². The quantitative estimate of drug-likeness (QED) is 0.649. The Labute approximate surface area is 134 Å². The van der Waals surface area contributed by atoms with Crippen LogP contribution in [0.3, 0.4) is 0 Å². The Morgan fingerprint density at radius 1 is 1.22 bits per heavy atom. The van der Waals surface area contributed by atoms with Crippen LogP contribution in [-0.2, 0) is 17.6 Å². The second-order valence-electron chi connectivity index (χ2n) is 5.53. The van der Waals surface area contributed by atoms with Gasteiger partial charge in [0, 0.05) is 42.0 Å². The number of carbonyl (C=O) groups is 1. The molecule has 23 heavy (non-hydrogen) atoms. The lowest BCUT2D eigenvalue weighted by Crippen LogP contribution is -2.42. The number of nitrogens with zero attached hydrogens (tertiary/aromatic N) is 1. The number of aromatic nitrogens is 2. The first-order valence-corrected chi connectivity index (χ1v) is 7.72. The van der Waals surface area contributed by atoms with Gasteiger partial charge in [0.15, 0.2) is 0 Å². The number of nitrogens with two attached hydrogens (primary N) is 1. The summed E-state index contributed by atoms with van der Waals surface area (Å²) in [7, 11) is 0. The molecule has 4 N–H and O–H groups in total. The lowest BCUT2D eigenvalue weighted by Gasteiger charge is -2.11. The molecule has 0 aliphatic rings. The molecule has 1 atom stereocenters. The Balaban J connectivity index is 1.51. The van der Waals surface area contributed by atoms with Gasteiger partial charge in [0.1, 0.15) is 0 Å². The van der Waals surface area contributed by atoms with Gasteiger partial charge in [0.05, 0.1) is 6.04 Å². The molecule has 0 radical (unpaired) electrons. The Kier molecular flexibility index (Phi) is 4.68. The molecule has 5 nitrogen and oxygen atoms in total. The van der Waals surface area contributed by atoms with Gasteiger partial charge in [-0.1, -0.05) is 24.3 Å². The maximum Gasteiger partial charge on any atom is 0.237 e. The topological polar surface area (TPSA) is 83.8 Å². The van der Waals surface area contributed by atoms with Gasteiger partial charge >= 0.3 is 0 Å². The SMILES string of the molecule is NC(Cc1ccccn1)C(=O)NCCc1c[nH]c2ccccc12. The van der Waals surface area contributed by atoms with Gasteiger partial charge in [-0.15, -0.1) is 0 Å². The van der Waals surface area contributed by atoms with E-state index < -0.39 is 6.04 Å². The first-order chi connectivity index (χ1) is 11.2. The Bertz CT molecular complexity index is 782. The first kappa shape index (κ1) is 15.2. The lowest BCUT2D eigenvalue weighted by molar-refractivity contribution is -0.122. The number of aromatic amines is 1. The van der Waals surface area contributed by atoms with E-state index in [0.717, 1.165) is 17.6 Å². The molecule has 1 amide bonds. The fraction of sp³-hybridized carbons (Fsp3) is 0.222.